The Balaban J connectivity index is 1.72. The molecule has 1 N–H and O–H groups in total. The molecule has 0 fully saturated rings. The average molecular weight is 324 g/mol. The van der Waals surface area contributed by atoms with Gasteiger partial charge in [-0.05, 0) is 29.8 Å². The van der Waals surface area contributed by atoms with E-state index >= 15 is 0 Å². The van der Waals surface area contributed by atoms with Crippen LogP contribution in [-0.4, -0.2) is 10.8 Å². The van der Waals surface area contributed by atoms with Gasteiger partial charge in [0.1, 0.15) is 5.82 Å². The van der Waals surface area contributed by atoms with E-state index in [9.17, 15) is 4.79 Å². The summed E-state index contributed by atoms with van der Waals surface area (Å²) in [6, 6.07) is 17.9. The van der Waals surface area contributed by atoms with Crippen LogP contribution in [0.3, 0.4) is 0 Å². The first-order valence-electron chi connectivity index (χ1n) is 8.46. The van der Waals surface area contributed by atoms with E-state index in [2.05, 4.69) is 17.5 Å². The number of benzene rings is 2. The molecular formula is C22H16N2O. The number of carbonyl (C=O) groups is 1. The summed E-state index contributed by atoms with van der Waals surface area (Å²) in [6.45, 7) is 0. The summed E-state index contributed by atoms with van der Waals surface area (Å²) >= 11 is 0. The summed E-state index contributed by atoms with van der Waals surface area (Å²) in [5.41, 5.74) is 3.82. The van der Waals surface area contributed by atoms with Crippen LogP contribution in [0.2, 0.25) is 0 Å². The minimum atomic E-state index is -0.116. The fourth-order valence-corrected chi connectivity index (χ4v) is 3.85. The number of nitrogens with one attached hydrogen (secondary N) is 1. The fourth-order valence-electron chi connectivity index (χ4n) is 3.85. The average Bonchev–Trinajstić information content (AvgIpc) is 2.66. The number of nitrogens with zero attached hydrogens (tertiary/aromatic N) is 1. The molecule has 0 amide bonds. The maximum absolute atomic E-state index is 12.9. The van der Waals surface area contributed by atoms with E-state index in [4.69, 9.17) is 4.98 Å². The van der Waals surface area contributed by atoms with Crippen molar-refractivity contribution in [2.75, 3.05) is 5.32 Å². The number of anilines is 2. The third-order valence-corrected chi connectivity index (χ3v) is 4.97. The first-order chi connectivity index (χ1) is 12.3. The highest BCUT2D eigenvalue weighted by Gasteiger charge is 2.35. The molecule has 2 atom stereocenters. The number of pyridine rings is 1. The highest BCUT2D eigenvalue weighted by atomic mass is 16.1. The van der Waals surface area contributed by atoms with Crippen molar-refractivity contribution in [2.45, 2.75) is 5.92 Å². The van der Waals surface area contributed by atoms with E-state index in [1.165, 1.54) is 5.56 Å². The zero-order chi connectivity index (χ0) is 16.8. The van der Waals surface area contributed by atoms with Crippen LogP contribution < -0.4 is 5.32 Å². The third kappa shape index (κ3) is 2.20. The zero-order valence-corrected chi connectivity index (χ0v) is 13.5. The largest absolute Gasteiger partial charge is 0.340 e. The Morgan fingerprint density at radius 1 is 0.880 bits per heavy atom. The Hall–Kier alpha value is -3.20. The summed E-state index contributed by atoms with van der Waals surface area (Å²) in [5, 5.41) is 4.38. The summed E-state index contributed by atoms with van der Waals surface area (Å²) in [4.78, 5) is 17.6. The Bertz CT molecular complexity index is 1050. The molecule has 0 bridgehead atoms. The molecule has 2 aromatic carbocycles. The number of Topliss-reactive ketones (excluding diaryl/α,β-unsaturated/α-hetero) is 1. The molecular weight excluding hydrogens is 308 g/mol. The van der Waals surface area contributed by atoms with Gasteiger partial charge in [-0.3, -0.25) is 4.79 Å². The van der Waals surface area contributed by atoms with Gasteiger partial charge < -0.3 is 5.32 Å². The maximum Gasteiger partial charge on any atom is 0.171 e. The van der Waals surface area contributed by atoms with Crippen LogP contribution >= 0.6 is 0 Å². The molecule has 1 heterocycles. The highest BCUT2D eigenvalue weighted by Crippen LogP contribution is 2.43. The number of para-hydroxylation sites is 1. The van der Waals surface area contributed by atoms with E-state index < -0.39 is 0 Å². The van der Waals surface area contributed by atoms with Crippen LogP contribution in [0, 0.1) is 5.92 Å². The quantitative estimate of drug-likeness (QED) is 0.721. The van der Waals surface area contributed by atoms with Crippen molar-refractivity contribution < 1.29 is 4.79 Å². The van der Waals surface area contributed by atoms with Crippen molar-refractivity contribution in [3.05, 3.63) is 90.0 Å². The summed E-state index contributed by atoms with van der Waals surface area (Å²) < 4.78 is 0. The molecule has 0 radical (unpaired) electrons. The van der Waals surface area contributed by atoms with Gasteiger partial charge in [-0.25, -0.2) is 4.98 Å². The molecule has 0 spiro atoms. The molecule has 0 aliphatic heterocycles. The van der Waals surface area contributed by atoms with Gasteiger partial charge in [-0.15, -0.1) is 0 Å². The van der Waals surface area contributed by atoms with Gasteiger partial charge in [0.2, 0.25) is 0 Å². The third-order valence-electron chi connectivity index (χ3n) is 4.97. The Morgan fingerprint density at radius 3 is 2.52 bits per heavy atom. The molecule has 3 heteroatoms. The molecule has 0 saturated heterocycles. The van der Waals surface area contributed by atoms with Gasteiger partial charge in [0.05, 0.1) is 11.4 Å². The lowest BCUT2D eigenvalue weighted by molar-refractivity contribution is 0.0934. The Morgan fingerprint density at radius 2 is 1.68 bits per heavy atom. The van der Waals surface area contributed by atoms with Crippen LogP contribution in [0.1, 0.15) is 21.8 Å². The van der Waals surface area contributed by atoms with Gasteiger partial charge in [-0.1, -0.05) is 54.6 Å². The lowest BCUT2D eigenvalue weighted by Gasteiger charge is -2.30. The van der Waals surface area contributed by atoms with Crippen LogP contribution in [0.4, 0.5) is 11.5 Å². The molecule has 2 aliphatic rings. The Labute approximate surface area is 145 Å². The number of fused-ring (bicyclic) bond motifs is 2. The lowest BCUT2D eigenvalue weighted by atomic mass is 9.72. The van der Waals surface area contributed by atoms with E-state index in [-0.39, 0.29) is 17.6 Å². The van der Waals surface area contributed by atoms with Crippen molar-refractivity contribution >= 4 is 28.2 Å². The normalized spacial score (nSPS) is 20.6. The summed E-state index contributed by atoms with van der Waals surface area (Å²) in [7, 11) is 0. The van der Waals surface area contributed by atoms with Crippen molar-refractivity contribution in [3.63, 3.8) is 0 Å². The number of aromatic nitrogens is 1. The number of rotatable bonds is 2. The SMILES string of the molecule is O=C1c2cccc3nc(Nc4ccccc4)cc(c23)C2C=CC=CC12. The predicted molar refractivity (Wildman–Crippen MR) is 100 cm³/mol. The molecule has 2 unspecified atom stereocenters. The van der Waals surface area contributed by atoms with Crippen LogP contribution in [0.15, 0.2) is 78.9 Å². The summed E-state index contributed by atoms with van der Waals surface area (Å²) in [5.74, 6) is 0.959. The number of carbonyl (C=O) groups excluding carboxylic acids is 1. The lowest BCUT2D eigenvalue weighted by Crippen LogP contribution is -2.26. The van der Waals surface area contributed by atoms with E-state index in [1.807, 2.05) is 66.8 Å². The fraction of sp³-hybridized carbons (Fsp3) is 0.0909. The molecule has 3 nitrogen and oxygen atoms in total. The smallest absolute Gasteiger partial charge is 0.171 e. The van der Waals surface area contributed by atoms with E-state index in [1.54, 1.807) is 0 Å². The van der Waals surface area contributed by atoms with Gasteiger partial charge >= 0.3 is 0 Å². The first kappa shape index (κ1) is 14.2. The van der Waals surface area contributed by atoms with Crippen molar-refractivity contribution in [3.8, 4) is 0 Å². The summed E-state index contributed by atoms with van der Waals surface area (Å²) in [6.07, 6.45) is 8.13. The van der Waals surface area contributed by atoms with Crippen LogP contribution in [0.5, 0.6) is 0 Å². The number of allylic oxidation sites excluding steroid dienone is 4. The second-order valence-electron chi connectivity index (χ2n) is 6.47. The minimum absolute atomic E-state index is 0.0780. The molecule has 0 saturated carbocycles. The molecule has 2 aliphatic carbocycles. The topological polar surface area (TPSA) is 42.0 Å². The molecule has 3 aromatic rings. The second kappa shape index (κ2) is 5.42. The standard InChI is InChI=1S/C22H16N2O/c25-22-16-10-5-4-9-15(16)18-13-20(23-14-7-2-1-3-8-14)24-19-12-6-11-17(22)21(18)19/h1-13,15-16H,(H,23,24). The Kier molecular flexibility index (Phi) is 3.07. The van der Waals surface area contributed by atoms with Crippen LogP contribution in [-0.2, 0) is 0 Å². The number of hydrogen-bond donors (Lipinski definition) is 1. The molecule has 5 rings (SSSR count). The van der Waals surface area contributed by atoms with Gasteiger partial charge in [-0.2, -0.15) is 0 Å². The number of ketones is 1. The zero-order valence-electron chi connectivity index (χ0n) is 13.5. The predicted octanol–water partition coefficient (Wildman–Crippen LogP) is 5.00. The minimum Gasteiger partial charge on any atom is -0.340 e. The van der Waals surface area contributed by atoms with Gasteiger partial charge in [0, 0.05) is 22.6 Å². The highest BCUT2D eigenvalue weighted by molar-refractivity contribution is 6.13. The molecule has 120 valence electrons. The maximum atomic E-state index is 12.9. The van der Waals surface area contributed by atoms with Crippen molar-refractivity contribution in [2.24, 2.45) is 5.92 Å². The van der Waals surface area contributed by atoms with Crippen molar-refractivity contribution in [1.82, 2.24) is 4.98 Å². The van der Waals surface area contributed by atoms with E-state index in [0.29, 0.717) is 0 Å². The van der Waals surface area contributed by atoms with E-state index in [0.717, 1.165) is 28.0 Å². The molecule has 25 heavy (non-hydrogen) atoms. The van der Waals surface area contributed by atoms with Crippen LogP contribution in [0.25, 0.3) is 10.9 Å². The van der Waals surface area contributed by atoms with Gasteiger partial charge in [0.25, 0.3) is 0 Å². The molecule has 1 aromatic heterocycles. The monoisotopic (exact) mass is 324 g/mol. The first-order valence-corrected chi connectivity index (χ1v) is 8.46. The second-order valence-corrected chi connectivity index (χ2v) is 6.47. The van der Waals surface area contributed by atoms with Gasteiger partial charge in [0.15, 0.2) is 5.78 Å². The number of hydrogen-bond acceptors (Lipinski definition) is 3. The van der Waals surface area contributed by atoms with Crippen molar-refractivity contribution in [1.29, 1.82) is 0 Å².